The van der Waals surface area contributed by atoms with Crippen LogP contribution in [0, 0.1) is 0 Å². The molecule has 1 rings (SSSR count). The highest BCUT2D eigenvalue weighted by atomic mass is 16.1. The fourth-order valence-corrected chi connectivity index (χ4v) is 2.09. The molecule has 0 radical (unpaired) electrons. The van der Waals surface area contributed by atoms with Gasteiger partial charge in [-0.05, 0) is 31.4 Å². The molecular weight excluding hydrogens is 224 g/mol. The van der Waals surface area contributed by atoms with Crippen molar-refractivity contribution in [3.63, 3.8) is 0 Å². The van der Waals surface area contributed by atoms with Gasteiger partial charge in [0.2, 0.25) is 5.91 Å². The number of carbonyl (C=O) groups is 1. The number of nitrogens with one attached hydrogen (secondary N) is 1. The number of hydrogen-bond donors (Lipinski definition) is 2. The Morgan fingerprint density at radius 1 is 1.22 bits per heavy atom. The van der Waals surface area contributed by atoms with Crippen molar-refractivity contribution in [1.29, 1.82) is 0 Å². The van der Waals surface area contributed by atoms with Crippen LogP contribution in [0.2, 0.25) is 0 Å². The highest BCUT2D eigenvalue weighted by Gasteiger charge is 2.18. The first-order valence-electron chi connectivity index (χ1n) is 6.56. The minimum absolute atomic E-state index is 0.0777. The van der Waals surface area contributed by atoms with Crippen molar-refractivity contribution < 1.29 is 4.79 Å². The minimum Gasteiger partial charge on any atom is -0.351 e. The monoisotopic (exact) mass is 248 g/mol. The highest BCUT2D eigenvalue weighted by Crippen LogP contribution is 2.11. The lowest BCUT2D eigenvalue weighted by Gasteiger charge is -2.25. The van der Waals surface area contributed by atoms with E-state index in [1.54, 1.807) is 0 Å². The molecule has 0 fully saturated rings. The summed E-state index contributed by atoms with van der Waals surface area (Å²) in [6, 6.07) is 7.88. The van der Waals surface area contributed by atoms with E-state index in [0.29, 0.717) is 13.0 Å². The van der Waals surface area contributed by atoms with Crippen molar-refractivity contribution in [1.82, 2.24) is 5.32 Å². The van der Waals surface area contributed by atoms with Gasteiger partial charge in [-0.25, -0.2) is 0 Å². The van der Waals surface area contributed by atoms with Gasteiger partial charge in [-0.15, -0.1) is 0 Å². The Balaban J connectivity index is 2.53. The normalized spacial score (nSPS) is 11.3. The molecule has 3 N–H and O–H groups in total. The first-order valence-corrected chi connectivity index (χ1v) is 6.56. The zero-order valence-electron chi connectivity index (χ0n) is 11.6. The summed E-state index contributed by atoms with van der Waals surface area (Å²) >= 11 is 0. The van der Waals surface area contributed by atoms with Crippen LogP contribution >= 0.6 is 0 Å². The summed E-state index contributed by atoms with van der Waals surface area (Å²) in [5.74, 6) is 0.0777. The average molecular weight is 248 g/mol. The van der Waals surface area contributed by atoms with E-state index in [-0.39, 0.29) is 11.4 Å². The Morgan fingerprint density at radius 3 is 2.28 bits per heavy atom. The Morgan fingerprint density at radius 2 is 1.78 bits per heavy atom. The highest BCUT2D eigenvalue weighted by molar-refractivity contribution is 5.79. The fraction of sp³-hybridized carbons (Fsp3) is 0.533. The summed E-state index contributed by atoms with van der Waals surface area (Å²) in [5, 5.41) is 3.07. The lowest BCUT2D eigenvalue weighted by atomic mass is 9.98. The largest absolute Gasteiger partial charge is 0.351 e. The van der Waals surface area contributed by atoms with Gasteiger partial charge >= 0.3 is 0 Å². The molecule has 0 atom stereocenters. The van der Waals surface area contributed by atoms with E-state index in [0.717, 1.165) is 24.0 Å². The van der Waals surface area contributed by atoms with Gasteiger partial charge in [0.15, 0.2) is 0 Å². The molecule has 0 aliphatic heterocycles. The number of carbonyl (C=O) groups excluding carboxylic acids is 1. The number of hydrogen-bond acceptors (Lipinski definition) is 2. The molecule has 0 spiro atoms. The molecule has 0 saturated carbocycles. The molecular formula is C15H24N2O. The maximum Gasteiger partial charge on any atom is 0.224 e. The van der Waals surface area contributed by atoms with Crippen LogP contribution in [0.5, 0.6) is 0 Å². The van der Waals surface area contributed by atoms with E-state index in [2.05, 4.69) is 26.1 Å². The number of amides is 1. The van der Waals surface area contributed by atoms with Crippen LogP contribution < -0.4 is 11.1 Å². The molecule has 18 heavy (non-hydrogen) atoms. The molecule has 0 heterocycles. The summed E-state index contributed by atoms with van der Waals surface area (Å²) in [5.41, 5.74) is 7.53. The SMILES string of the molecule is CCCC(C)(C)NC(=O)Cc1ccc(CN)cc1. The van der Waals surface area contributed by atoms with Gasteiger partial charge in [-0.1, -0.05) is 37.6 Å². The van der Waals surface area contributed by atoms with Crippen molar-refractivity contribution in [3.8, 4) is 0 Å². The van der Waals surface area contributed by atoms with Gasteiger partial charge in [0, 0.05) is 12.1 Å². The zero-order chi connectivity index (χ0) is 13.6. The van der Waals surface area contributed by atoms with Gasteiger partial charge in [0.25, 0.3) is 0 Å². The Bertz CT molecular complexity index is 382. The van der Waals surface area contributed by atoms with E-state index in [4.69, 9.17) is 5.73 Å². The van der Waals surface area contributed by atoms with Gasteiger partial charge in [-0.2, -0.15) is 0 Å². The third-order valence-electron chi connectivity index (χ3n) is 2.98. The third kappa shape index (κ3) is 4.88. The van der Waals surface area contributed by atoms with E-state index in [9.17, 15) is 4.79 Å². The maximum atomic E-state index is 11.9. The number of benzene rings is 1. The first kappa shape index (κ1) is 14.7. The maximum absolute atomic E-state index is 11.9. The second kappa shape index (κ2) is 6.55. The molecule has 0 aliphatic carbocycles. The molecule has 3 nitrogen and oxygen atoms in total. The topological polar surface area (TPSA) is 55.1 Å². The molecule has 0 aliphatic rings. The Labute approximate surface area is 110 Å². The molecule has 3 heteroatoms. The quantitative estimate of drug-likeness (QED) is 0.812. The number of rotatable bonds is 6. The summed E-state index contributed by atoms with van der Waals surface area (Å²) in [4.78, 5) is 11.9. The lowest BCUT2D eigenvalue weighted by Crippen LogP contribution is -2.43. The lowest BCUT2D eigenvalue weighted by molar-refractivity contribution is -0.122. The summed E-state index contributed by atoms with van der Waals surface area (Å²) in [7, 11) is 0. The summed E-state index contributed by atoms with van der Waals surface area (Å²) < 4.78 is 0. The van der Waals surface area contributed by atoms with Crippen LogP contribution in [0.3, 0.4) is 0 Å². The van der Waals surface area contributed by atoms with Gasteiger partial charge < -0.3 is 11.1 Å². The van der Waals surface area contributed by atoms with Crippen molar-refractivity contribution >= 4 is 5.91 Å². The van der Waals surface area contributed by atoms with Crippen LogP contribution in [0.15, 0.2) is 24.3 Å². The van der Waals surface area contributed by atoms with Crippen LogP contribution in [-0.2, 0) is 17.8 Å². The fourth-order valence-electron chi connectivity index (χ4n) is 2.09. The van der Waals surface area contributed by atoms with E-state index in [1.807, 2.05) is 24.3 Å². The molecule has 1 amide bonds. The van der Waals surface area contributed by atoms with Crippen LogP contribution in [0.1, 0.15) is 44.7 Å². The second-order valence-electron chi connectivity index (χ2n) is 5.38. The van der Waals surface area contributed by atoms with Crippen LogP contribution in [0.25, 0.3) is 0 Å². The predicted octanol–water partition coefficient (Wildman–Crippen LogP) is 2.38. The van der Waals surface area contributed by atoms with Crippen molar-refractivity contribution in [2.45, 2.75) is 52.1 Å². The molecule has 0 saturated heterocycles. The van der Waals surface area contributed by atoms with Crippen LogP contribution in [-0.4, -0.2) is 11.4 Å². The van der Waals surface area contributed by atoms with E-state index >= 15 is 0 Å². The van der Waals surface area contributed by atoms with Crippen molar-refractivity contribution in [2.24, 2.45) is 5.73 Å². The smallest absolute Gasteiger partial charge is 0.224 e. The van der Waals surface area contributed by atoms with Crippen molar-refractivity contribution in [3.05, 3.63) is 35.4 Å². The van der Waals surface area contributed by atoms with Crippen LogP contribution in [0.4, 0.5) is 0 Å². The third-order valence-corrected chi connectivity index (χ3v) is 2.98. The summed E-state index contributed by atoms with van der Waals surface area (Å²) in [6.07, 6.45) is 2.49. The van der Waals surface area contributed by atoms with Gasteiger partial charge in [-0.3, -0.25) is 4.79 Å². The molecule has 0 bridgehead atoms. The molecule has 1 aromatic carbocycles. The average Bonchev–Trinajstić information content (AvgIpc) is 2.28. The van der Waals surface area contributed by atoms with Gasteiger partial charge in [0.05, 0.1) is 6.42 Å². The zero-order valence-corrected chi connectivity index (χ0v) is 11.6. The molecule has 0 unspecified atom stereocenters. The Hall–Kier alpha value is -1.35. The predicted molar refractivity (Wildman–Crippen MR) is 75.2 cm³/mol. The number of nitrogens with two attached hydrogens (primary N) is 1. The first-order chi connectivity index (χ1) is 8.46. The molecule has 100 valence electrons. The molecule has 0 aromatic heterocycles. The van der Waals surface area contributed by atoms with E-state index < -0.39 is 0 Å². The second-order valence-corrected chi connectivity index (χ2v) is 5.38. The minimum atomic E-state index is -0.122. The van der Waals surface area contributed by atoms with E-state index in [1.165, 1.54) is 0 Å². The van der Waals surface area contributed by atoms with Gasteiger partial charge in [0.1, 0.15) is 0 Å². The standard InChI is InChI=1S/C15H24N2O/c1-4-9-15(2,3)17-14(18)10-12-5-7-13(11-16)8-6-12/h5-8H,4,9-11,16H2,1-3H3,(H,17,18). The Kier molecular flexibility index (Phi) is 5.35. The summed E-state index contributed by atoms with van der Waals surface area (Å²) in [6.45, 7) is 6.79. The molecule has 1 aromatic rings. The van der Waals surface area contributed by atoms with Crippen molar-refractivity contribution in [2.75, 3.05) is 0 Å².